The SMILES string of the molecule is CC[C@H](C)[C@H](NC(=O)OC(C)(C)C)C(=O)N[C@@H](COCc1ccccc1)C(=O)N[C@@H](C)C(=O)N[C@@H](Cc1ccccc1)C(=O)N[C@@H](CC(C)C)C(=O)NN. The largest absolute Gasteiger partial charge is 0.444 e. The second-order valence-corrected chi connectivity index (χ2v) is 14.8. The smallest absolute Gasteiger partial charge is 0.408 e. The van der Waals surface area contributed by atoms with Gasteiger partial charge in [0.15, 0.2) is 0 Å². The van der Waals surface area contributed by atoms with Gasteiger partial charge in [-0.05, 0) is 57.1 Å². The highest BCUT2D eigenvalue weighted by atomic mass is 16.6. The first-order chi connectivity index (χ1) is 25.4. The molecule has 298 valence electrons. The number of hydrogen-bond donors (Lipinski definition) is 7. The Hall–Kier alpha value is -5.02. The highest BCUT2D eigenvalue weighted by Gasteiger charge is 2.33. The van der Waals surface area contributed by atoms with Crippen molar-refractivity contribution in [3.63, 3.8) is 0 Å². The van der Waals surface area contributed by atoms with Crippen molar-refractivity contribution in [1.82, 2.24) is 32.0 Å². The summed E-state index contributed by atoms with van der Waals surface area (Å²) in [4.78, 5) is 79.6. The minimum absolute atomic E-state index is 0.0451. The molecule has 0 spiro atoms. The van der Waals surface area contributed by atoms with Crippen LogP contribution in [-0.4, -0.2) is 78.0 Å². The second-order valence-electron chi connectivity index (χ2n) is 14.8. The van der Waals surface area contributed by atoms with Gasteiger partial charge in [0.1, 0.15) is 35.8 Å². The van der Waals surface area contributed by atoms with Crippen molar-refractivity contribution in [3.8, 4) is 0 Å². The summed E-state index contributed by atoms with van der Waals surface area (Å²) in [5.74, 6) is 1.81. The van der Waals surface area contributed by atoms with Gasteiger partial charge in [0.2, 0.25) is 23.6 Å². The summed E-state index contributed by atoms with van der Waals surface area (Å²) in [6.07, 6.45) is 0.130. The van der Waals surface area contributed by atoms with Crippen molar-refractivity contribution in [3.05, 3.63) is 71.8 Å². The molecule has 0 unspecified atom stereocenters. The Labute approximate surface area is 318 Å². The molecule has 0 fully saturated rings. The van der Waals surface area contributed by atoms with Crippen LogP contribution >= 0.6 is 0 Å². The monoisotopic (exact) mass is 753 g/mol. The molecule has 54 heavy (non-hydrogen) atoms. The van der Waals surface area contributed by atoms with E-state index >= 15 is 0 Å². The molecular weight excluding hydrogens is 694 g/mol. The number of amides is 6. The van der Waals surface area contributed by atoms with Gasteiger partial charge in [0, 0.05) is 6.42 Å². The standard InChI is InChI=1S/C39H59N7O8/c1-9-25(4)32(45-38(52)54-39(6,7)8)37(51)44-31(23-53-22-28-18-14-11-15-19-28)35(49)41-26(5)33(47)42-30(21-27-16-12-10-13-17-27)34(48)43-29(20-24(2)3)36(50)46-40/h10-19,24-26,29-32H,9,20-23,40H2,1-8H3,(H,41,49)(H,42,47)(H,43,48)(H,44,51)(H,45,52)(H,46,50)/t25-,26-,29-,30-,31-,32-/m0/s1. The molecule has 2 aromatic rings. The van der Waals surface area contributed by atoms with Crippen LogP contribution in [0, 0.1) is 11.8 Å². The molecule has 0 saturated heterocycles. The highest BCUT2D eigenvalue weighted by Crippen LogP contribution is 2.13. The lowest BCUT2D eigenvalue weighted by Gasteiger charge is -2.28. The molecule has 0 aromatic heterocycles. The topological polar surface area (TPSA) is 219 Å². The predicted molar refractivity (Wildman–Crippen MR) is 204 cm³/mol. The lowest BCUT2D eigenvalue weighted by atomic mass is 9.98. The van der Waals surface area contributed by atoms with Crippen LogP contribution in [0.5, 0.6) is 0 Å². The van der Waals surface area contributed by atoms with Crippen molar-refractivity contribution in [2.24, 2.45) is 17.7 Å². The van der Waals surface area contributed by atoms with E-state index in [1.54, 1.807) is 52.0 Å². The van der Waals surface area contributed by atoms with Crippen LogP contribution in [0.4, 0.5) is 4.79 Å². The van der Waals surface area contributed by atoms with E-state index in [0.29, 0.717) is 12.8 Å². The zero-order valence-electron chi connectivity index (χ0n) is 32.7. The van der Waals surface area contributed by atoms with Gasteiger partial charge in [-0.2, -0.15) is 0 Å². The van der Waals surface area contributed by atoms with Crippen molar-refractivity contribution in [2.75, 3.05) is 6.61 Å². The predicted octanol–water partition coefficient (Wildman–Crippen LogP) is 2.38. The Morgan fingerprint density at radius 3 is 1.74 bits per heavy atom. The summed E-state index contributed by atoms with van der Waals surface area (Å²) in [6.45, 7) is 13.8. The van der Waals surface area contributed by atoms with Crippen molar-refractivity contribution < 1.29 is 38.2 Å². The molecule has 0 aliphatic rings. The Morgan fingerprint density at radius 2 is 1.20 bits per heavy atom. The molecule has 2 rings (SSSR count). The van der Waals surface area contributed by atoms with Gasteiger partial charge in [-0.1, -0.05) is 94.8 Å². The highest BCUT2D eigenvalue weighted by molar-refractivity contribution is 5.96. The van der Waals surface area contributed by atoms with E-state index < -0.39 is 71.4 Å². The first-order valence-electron chi connectivity index (χ1n) is 18.3. The zero-order valence-corrected chi connectivity index (χ0v) is 32.7. The number of nitrogens with one attached hydrogen (secondary N) is 6. The van der Waals surface area contributed by atoms with E-state index in [1.165, 1.54) is 6.92 Å². The quantitative estimate of drug-likeness (QED) is 0.0599. The summed E-state index contributed by atoms with van der Waals surface area (Å²) >= 11 is 0. The van der Waals surface area contributed by atoms with E-state index in [2.05, 4.69) is 32.0 Å². The Morgan fingerprint density at radius 1 is 0.667 bits per heavy atom. The maximum atomic E-state index is 13.7. The lowest BCUT2D eigenvalue weighted by molar-refractivity contribution is -0.135. The number of alkyl carbamates (subject to hydrolysis) is 1. The fraction of sp³-hybridized carbons (Fsp3) is 0.538. The van der Waals surface area contributed by atoms with E-state index in [1.807, 2.05) is 57.2 Å². The van der Waals surface area contributed by atoms with Crippen LogP contribution in [0.25, 0.3) is 0 Å². The third kappa shape index (κ3) is 16.3. The molecule has 0 saturated carbocycles. The van der Waals surface area contributed by atoms with Crippen LogP contribution in [0.1, 0.15) is 79.4 Å². The van der Waals surface area contributed by atoms with Gasteiger partial charge in [0.25, 0.3) is 5.91 Å². The fourth-order valence-corrected chi connectivity index (χ4v) is 5.26. The van der Waals surface area contributed by atoms with E-state index in [9.17, 15) is 28.8 Å². The van der Waals surface area contributed by atoms with Gasteiger partial charge < -0.3 is 36.1 Å². The number of ether oxygens (including phenoxy) is 2. The number of hydrogen-bond acceptors (Lipinski definition) is 9. The Bertz CT molecular complexity index is 1520. The second kappa shape index (κ2) is 22.3. The number of hydrazine groups is 1. The van der Waals surface area contributed by atoms with Gasteiger partial charge in [-0.3, -0.25) is 29.4 Å². The van der Waals surface area contributed by atoms with Crippen LogP contribution in [-0.2, 0) is 46.5 Å². The molecule has 0 aliphatic carbocycles. The minimum atomic E-state index is -1.28. The molecular formula is C39H59N7O8. The Balaban J connectivity index is 2.28. The Kier molecular flexibility index (Phi) is 18.6. The number of rotatable bonds is 20. The summed E-state index contributed by atoms with van der Waals surface area (Å²) in [5.41, 5.74) is 2.84. The third-order valence-corrected chi connectivity index (χ3v) is 8.35. The number of nitrogens with two attached hydrogens (primary N) is 1. The first-order valence-corrected chi connectivity index (χ1v) is 18.3. The summed E-state index contributed by atoms with van der Waals surface area (Å²) < 4.78 is 11.2. The average molecular weight is 754 g/mol. The van der Waals surface area contributed by atoms with Crippen molar-refractivity contribution >= 4 is 35.6 Å². The molecule has 2 aromatic carbocycles. The molecule has 8 N–H and O–H groups in total. The summed E-state index contributed by atoms with van der Waals surface area (Å²) in [6, 6.07) is 12.6. The molecule has 0 aliphatic heterocycles. The van der Waals surface area contributed by atoms with Crippen molar-refractivity contribution in [1.29, 1.82) is 0 Å². The third-order valence-electron chi connectivity index (χ3n) is 8.35. The number of carbonyl (C=O) groups excluding carboxylic acids is 6. The zero-order chi connectivity index (χ0) is 40.4. The molecule has 0 radical (unpaired) electrons. The van der Waals surface area contributed by atoms with Crippen LogP contribution in [0.2, 0.25) is 0 Å². The average Bonchev–Trinajstić information content (AvgIpc) is 3.11. The van der Waals surface area contributed by atoms with E-state index in [0.717, 1.165) is 11.1 Å². The molecule has 6 atom stereocenters. The lowest BCUT2D eigenvalue weighted by Crippen LogP contribution is -2.60. The van der Waals surface area contributed by atoms with Gasteiger partial charge in [-0.15, -0.1) is 0 Å². The van der Waals surface area contributed by atoms with Crippen LogP contribution in [0.15, 0.2) is 60.7 Å². The summed E-state index contributed by atoms with van der Waals surface area (Å²) in [7, 11) is 0. The molecule has 0 heterocycles. The number of benzene rings is 2. The molecule has 15 heteroatoms. The normalized spacial score (nSPS) is 14.6. The summed E-state index contributed by atoms with van der Waals surface area (Å²) in [5, 5.41) is 13.3. The molecule has 15 nitrogen and oxygen atoms in total. The molecule has 0 bridgehead atoms. The maximum Gasteiger partial charge on any atom is 0.408 e. The van der Waals surface area contributed by atoms with Crippen LogP contribution in [0.3, 0.4) is 0 Å². The van der Waals surface area contributed by atoms with Crippen molar-refractivity contribution in [2.45, 2.75) is 117 Å². The maximum absolute atomic E-state index is 13.7. The van der Waals surface area contributed by atoms with E-state index in [-0.39, 0.29) is 31.5 Å². The first kappa shape index (κ1) is 45.1. The van der Waals surface area contributed by atoms with Gasteiger partial charge in [0.05, 0.1) is 13.2 Å². The van der Waals surface area contributed by atoms with Gasteiger partial charge >= 0.3 is 6.09 Å². The van der Waals surface area contributed by atoms with Crippen LogP contribution < -0.4 is 37.9 Å². The van der Waals surface area contributed by atoms with E-state index in [4.69, 9.17) is 15.3 Å². The number of carbonyl (C=O) groups is 6. The minimum Gasteiger partial charge on any atom is -0.444 e. The van der Waals surface area contributed by atoms with Gasteiger partial charge in [-0.25, -0.2) is 10.6 Å². The molecule has 6 amide bonds. The fourth-order valence-electron chi connectivity index (χ4n) is 5.26.